The molecule has 0 spiro atoms. The molecule has 1 saturated heterocycles. The monoisotopic (exact) mass is 255 g/mol. The van der Waals surface area contributed by atoms with Gasteiger partial charge in [0.2, 0.25) is 0 Å². The molecule has 0 bridgehead atoms. The molecule has 0 aromatic heterocycles. The van der Waals surface area contributed by atoms with E-state index in [1.54, 1.807) is 6.92 Å². The van der Waals surface area contributed by atoms with Crippen molar-refractivity contribution in [2.24, 2.45) is 0 Å². The van der Waals surface area contributed by atoms with Gasteiger partial charge in [0.1, 0.15) is 0 Å². The first kappa shape index (κ1) is 14.2. The summed E-state index contributed by atoms with van der Waals surface area (Å²) in [6.07, 6.45) is 1.93. The topological polar surface area (TPSA) is 73.9 Å². The van der Waals surface area contributed by atoms with E-state index in [9.17, 15) is 9.59 Å². The molecule has 0 atom stereocenters. The fourth-order valence-electron chi connectivity index (χ4n) is 1.39. The molecule has 0 saturated carbocycles. The van der Waals surface area contributed by atoms with Gasteiger partial charge in [0.05, 0.1) is 12.3 Å². The SMILES string of the molecule is C=CCONC(CC)=C1C(=O)OC(C)(C)OC1=O. The predicted molar refractivity (Wildman–Crippen MR) is 62.9 cm³/mol. The van der Waals surface area contributed by atoms with E-state index in [-0.39, 0.29) is 12.2 Å². The van der Waals surface area contributed by atoms with Gasteiger partial charge in [-0.25, -0.2) is 9.59 Å². The van der Waals surface area contributed by atoms with Crippen LogP contribution < -0.4 is 5.48 Å². The molecular formula is C12H17NO5. The van der Waals surface area contributed by atoms with Crippen molar-refractivity contribution in [1.82, 2.24) is 5.48 Å². The van der Waals surface area contributed by atoms with Crippen molar-refractivity contribution in [2.45, 2.75) is 33.0 Å². The van der Waals surface area contributed by atoms with Crippen molar-refractivity contribution in [2.75, 3.05) is 6.61 Å². The Balaban J connectivity index is 2.92. The van der Waals surface area contributed by atoms with Gasteiger partial charge in [-0.15, -0.1) is 6.58 Å². The zero-order chi connectivity index (χ0) is 13.8. The Morgan fingerprint density at radius 1 is 1.39 bits per heavy atom. The molecule has 1 heterocycles. The summed E-state index contributed by atoms with van der Waals surface area (Å²) in [4.78, 5) is 28.5. The fraction of sp³-hybridized carbons (Fsp3) is 0.500. The number of rotatable bonds is 5. The van der Waals surface area contributed by atoms with Crippen LogP contribution in [0, 0.1) is 0 Å². The molecule has 1 N–H and O–H groups in total. The molecule has 0 aromatic rings. The Morgan fingerprint density at radius 2 is 1.94 bits per heavy atom. The van der Waals surface area contributed by atoms with Crippen LogP contribution in [0.4, 0.5) is 0 Å². The summed E-state index contributed by atoms with van der Waals surface area (Å²) >= 11 is 0. The molecule has 0 aliphatic carbocycles. The van der Waals surface area contributed by atoms with E-state index in [1.165, 1.54) is 19.9 Å². The van der Waals surface area contributed by atoms with Gasteiger partial charge in [0.25, 0.3) is 5.79 Å². The molecule has 1 rings (SSSR count). The van der Waals surface area contributed by atoms with Crippen molar-refractivity contribution in [3.63, 3.8) is 0 Å². The summed E-state index contributed by atoms with van der Waals surface area (Å²) in [6.45, 7) is 8.48. The number of nitrogens with one attached hydrogen (secondary N) is 1. The Kier molecular flexibility index (Phi) is 4.49. The summed E-state index contributed by atoms with van der Waals surface area (Å²) in [5.41, 5.74) is 2.69. The Hall–Kier alpha value is -1.82. The summed E-state index contributed by atoms with van der Waals surface area (Å²) in [7, 11) is 0. The minimum atomic E-state index is -1.24. The Morgan fingerprint density at radius 3 is 2.39 bits per heavy atom. The second-order valence-corrected chi connectivity index (χ2v) is 4.09. The van der Waals surface area contributed by atoms with Gasteiger partial charge in [0.15, 0.2) is 5.57 Å². The second kappa shape index (κ2) is 5.68. The largest absolute Gasteiger partial charge is 0.419 e. The van der Waals surface area contributed by atoms with Crippen molar-refractivity contribution in [3.05, 3.63) is 23.9 Å². The molecule has 1 fully saturated rings. The number of ether oxygens (including phenoxy) is 2. The lowest BCUT2D eigenvalue weighted by Gasteiger charge is -2.30. The zero-order valence-electron chi connectivity index (χ0n) is 10.7. The minimum Gasteiger partial charge on any atom is -0.419 e. The highest BCUT2D eigenvalue weighted by atomic mass is 16.7. The van der Waals surface area contributed by atoms with Crippen LogP contribution in [0.25, 0.3) is 0 Å². The Labute approximate surface area is 106 Å². The molecule has 0 amide bonds. The number of esters is 2. The standard InChI is InChI=1S/C12H17NO5/c1-5-7-16-13-8(6-2)9-10(14)17-12(3,4)18-11(9)15/h5,13H,1,6-7H2,2-4H3. The lowest BCUT2D eigenvalue weighted by atomic mass is 10.1. The molecule has 1 aliphatic heterocycles. The van der Waals surface area contributed by atoms with E-state index in [0.717, 1.165) is 0 Å². The first-order valence-electron chi connectivity index (χ1n) is 5.59. The first-order chi connectivity index (χ1) is 8.41. The van der Waals surface area contributed by atoms with Crippen LogP contribution in [-0.2, 0) is 23.9 Å². The van der Waals surface area contributed by atoms with E-state index >= 15 is 0 Å². The molecule has 6 heteroatoms. The van der Waals surface area contributed by atoms with Gasteiger partial charge >= 0.3 is 11.9 Å². The van der Waals surface area contributed by atoms with Gasteiger partial charge in [0, 0.05) is 13.8 Å². The van der Waals surface area contributed by atoms with Crippen molar-refractivity contribution in [1.29, 1.82) is 0 Å². The maximum Gasteiger partial charge on any atom is 0.350 e. The normalized spacial score (nSPS) is 17.8. The van der Waals surface area contributed by atoms with Crippen LogP contribution >= 0.6 is 0 Å². The van der Waals surface area contributed by atoms with E-state index in [1.807, 2.05) is 0 Å². The van der Waals surface area contributed by atoms with E-state index in [0.29, 0.717) is 12.1 Å². The first-order valence-corrected chi connectivity index (χ1v) is 5.59. The van der Waals surface area contributed by atoms with E-state index in [2.05, 4.69) is 12.1 Å². The highest BCUT2D eigenvalue weighted by Gasteiger charge is 2.40. The average Bonchev–Trinajstić information content (AvgIpc) is 2.24. The molecular weight excluding hydrogens is 238 g/mol. The fourth-order valence-corrected chi connectivity index (χ4v) is 1.39. The van der Waals surface area contributed by atoms with Gasteiger partial charge in [-0.2, -0.15) is 0 Å². The average molecular weight is 255 g/mol. The van der Waals surface area contributed by atoms with Crippen molar-refractivity contribution >= 4 is 11.9 Å². The van der Waals surface area contributed by atoms with Crippen LogP contribution in [-0.4, -0.2) is 24.3 Å². The summed E-state index contributed by atoms with van der Waals surface area (Å²) < 4.78 is 9.98. The third-order valence-electron chi connectivity index (χ3n) is 2.14. The molecule has 1 aliphatic rings. The minimum absolute atomic E-state index is 0.166. The number of hydrogen-bond donors (Lipinski definition) is 1. The predicted octanol–water partition coefficient (Wildman–Crippen LogP) is 1.19. The van der Waals surface area contributed by atoms with Gasteiger partial charge in [-0.3, -0.25) is 10.3 Å². The van der Waals surface area contributed by atoms with Crippen LogP contribution in [0.2, 0.25) is 0 Å². The third-order valence-corrected chi connectivity index (χ3v) is 2.14. The molecule has 0 unspecified atom stereocenters. The van der Waals surface area contributed by atoms with Crippen LogP contribution in [0.15, 0.2) is 23.9 Å². The highest BCUT2D eigenvalue weighted by molar-refractivity contribution is 6.15. The summed E-state index contributed by atoms with van der Waals surface area (Å²) in [5.74, 6) is -2.68. The number of cyclic esters (lactones) is 2. The van der Waals surface area contributed by atoms with Gasteiger partial charge in [-0.1, -0.05) is 13.0 Å². The quantitative estimate of drug-likeness (QED) is 0.199. The lowest BCUT2D eigenvalue weighted by Crippen LogP contribution is -2.43. The molecule has 6 nitrogen and oxygen atoms in total. The van der Waals surface area contributed by atoms with Crippen LogP contribution in [0.1, 0.15) is 27.2 Å². The number of allylic oxidation sites excluding steroid dienone is 1. The van der Waals surface area contributed by atoms with Crippen molar-refractivity contribution in [3.8, 4) is 0 Å². The number of carbonyl (C=O) groups excluding carboxylic acids is 2. The smallest absolute Gasteiger partial charge is 0.350 e. The van der Waals surface area contributed by atoms with Gasteiger partial charge in [-0.05, 0) is 6.42 Å². The summed E-state index contributed by atoms with van der Waals surface area (Å²) in [6, 6.07) is 0. The lowest BCUT2D eigenvalue weighted by molar-refractivity contribution is -0.222. The zero-order valence-corrected chi connectivity index (χ0v) is 10.7. The molecule has 18 heavy (non-hydrogen) atoms. The second-order valence-electron chi connectivity index (χ2n) is 4.09. The van der Waals surface area contributed by atoms with Gasteiger partial charge < -0.3 is 9.47 Å². The Bertz CT molecular complexity index is 375. The summed E-state index contributed by atoms with van der Waals surface area (Å²) in [5, 5.41) is 0. The molecule has 0 radical (unpaired) electrons. The van der Waals surface area contributed by atoms with E-state index < -0.39 is 17.7 Å². The number of hydroxylamine groups is 1. The van der Waals surface area contributed by atoms with Crippen LogP contribution in [0.3, 0.4) is 0 Å². The van der Waals surface area contributed by atoms with E-state index in [4.69, 9.17) is 14.3 Å². The molecule has 0 aromatic carbocycles. The number of hydrogen-bond acceptors (Lipinski definition) is 6. The van der Waals surface area contributed by atoms with Crippen molar-refractivity contribution < 1.29 is 23.9 Å². The third kappa shape index (κ3) is 3.33. The highest BCUT2D eigenvalue weighted by Crippen LogP contribution is 2.24. The maximum absolute atomic E-state index is 11.8. The maximum atomic E-state index is 11.8. The molecule has 100 valence electrons. The van der Waals surface area contributed by atoms with Crippen LogP contribution in [0.5, 0.6) is 0 Å². The number of carbonyl (C=O) groups is 2.